The molecule has 18 heavy (non-hydrogen) atoms. The molecule has 0 aliphatic heterocycles. The molecule has 0 spiro atoms. The van der Waals surface area contributed by atoms with Crippen LogP contribution in [0.2, 0.25) is 0 Å². The molecule has 1 heterocycles. The summed E-state index contributed by atoms with van der Waals surface area (Å²) in [6, 6.07) is -0.0674. The molecule has 0 aliphatic rings. The lowest BCUT2D eigenvalue weighted by molar-refractivity contribution is -0.393. The minimum absolute atomic E-state index is 0.0674. The van der Waals surface area contributed by atoms with Gasteiger partial charge in [0.1, 0.15) is 0 Å². The molecule has 0 aromatic carbocycles. The summed E-state index contributed by atoms with van der Waals surface area (Å²) in [5.74, 6) is -6.73. The Balaban J connectivity index is 3.38. The second-order valence-electron chi connectivity index (χ2n) is 2.75. The van der Waals surface area contributed by atoms with E-state index in [2.05, 4.69) is 9.72 Å². The van der Waals surface area contributed by atoms with E-state index in [9.17, 15) is 32.5 Å². The number of carboxylic acid groups (broad SMARTS) is 1. The van der Waals surface area contributed by atoms with Gasteiger partial charge in [-0.3, -0.25) is 0 Å². The summed E-state index contributed by atoms with van der Waals surface area (Å²) < 4.78 is 51.8. The molecule has 98 valence electrons. The van der Waals surface area contributed by atoms with E-state index < -0.39 is 40.3 Å². The third-order valence-electron chi connectivity index (χ3n) is 1.52. The largest absolute Gasteiger partial charge is 0.573 e. The molecule has 1 aromatic heterocycles. The molecule has 0 saturated carbocycles. The van der Waals surface area contributed by atoms with E-state index in [-0.39, 0.29) is 6.07 Å². The zero-order chi connectivity index (χ0) is 14.1. The van der Waals surface area contributed by atoms with Crippen LogP contribution in [0.4, 0.5) is 23.4 Å². The standard InChI is InChI=1S/C7H2F4N2O5/c8-2-1-3(18-7(9,10)11)5(13(16)17)12-4(2)6(14)15/h1H,(H,14,15). The molecule has 1 rings (SSSR count). The SMILES string of the molecule is O=C(O)c1nc([N+](=O)[O-])c(OC(F)(F)F)cc1F. The number of hydrogen-bond acceptors (Lipinski definition) is 5. The third kappa shape index (κ3) is 3.02. The van der Waals surface area contributed by atoms with Gasteiger partial charge in [0, 0.05) is 6.07 Å². The maximum Gasteiger partial charge on any atom is 0.573 e. The first-order valence-corrected chi connectivity index (χ1v) is 3.96. The number of nitro groups is 1. The number of aromatic carboxylic acids is 1. The van der Waals surface area contributed by atoms with E-state index in [4.69, 9.17) is 5.11 Å². The van der Waals surface area contributed by atoms with Crippen LogP contribution in [0, 0.1) is 15.9 Å². The van der Waals surface area contributed by atoms with Crippen molar-refractivity contribution in [1.82, 2.24) is 4.98 Å². The summed E-state index contributed by atoms with van der Waals surface area (Å²) in [5.41, 5.74) is -1.38. The van der Waals surface area contributed by atoms with Gasteiger partial charge < -0.3 is 20.0 Å². The van der Waals surface area contributed by atoms with E-state index in [0.29, 0.717) is 0 Å². The Hall–Kier alpha value is -2.46. The molecule has 7 nitrogen and oxygen atoms in total. The van der Waals surface area contributed by atoms with E-state index in [0.717, 1.165) is 0 Å². The normalized spacial score (nSPS) is 11.1. The van der Waals surface area contributed by atoms with Crippen LogP contribution in [-0.2, 0) is 0 Å². The first kappa shape index (κ1) is 13.6. The van der Waals surface area contributed by atoms with Crippen LogP contribution in [-0.4, -0.2) is 27.3 Å². The number of carboxylic acids is 1. The first-order valence-electron chi connectivity index (χ1n) is 3.96. The van der Waals surface area contributed by atoms with E-state index in [1.807, 2.05) is 0 Å². The van der Waals surface area contributed by atoms with Crippen molar-refractivity contribution in [3.05, 3.63) is 27.7 Å². The summed E-state index contributed by atoms with van der Waals surface area (Å²) in [7, 11) is 0. The Bertz CT molecular complexity index is 515. The smallest absolute Gasteiger partial charge is 0.475 e. The predicted octanol–water partition coefficient (Wildman–Crippen LogP) is 1.73. The lowest BCUT2D eigenvalue weighted by atomic mass is 10.3. The molecular formula is C7H2F4N2O5. The number of aromatic nitrogens is 1. The summed E-state index contributed by atoms with van der Waals surface area (Å²) in [6.07, 6.45) is -5.30. The lowest BCUT2D eigenvalue weighted by Crippen LogP contribution is -2.19. The number of halogens is 4. The topological polar surface area (TPSA) is 103 Å². The fraction of sp³-hybridized carbons (Fsp3) is 0.143. The van der Waals surface area contributed by atoms with Crippen LogP contribution in [0.15, 0.2) is 6.07 Å². The molecule has 1 N–H and O–H groups in total. The number of carbonyl (C=O) groups is 1. The third-order valence-corrected chi connectivity index (χ3v) is 1.52. The van der Waals surface area contributed by atoms with Crippen molar-refractivity contribution < 1.29 is 37.1 Å². The summed E-state index contributed by atoms with van der Waals surface area (Å²) in [5, 5.41) is 18.8. The fourth-order valence-corrected chi connectivity index (χ4v) is 0.943. The Morgan fingerprint density at radius 3 is 2.44 bits per heavy atom. The Morgan fingerprint density at radius 2 is 2.06 bits per heavy atom. The van der Waals surface area contributed by atoms with Crippen LogP contribution in [0.1, 0.15) is 10.5 Å². The van der Waals surface area contributed by atoms with Gasteiger partial charge >= 0.3 is 18.1 Å². The van der Waals surface area contributed by atoms with Gasteiger partial charge in [0.2, 0.25) is 5.75 Å². The highest BCUT2D eigenvalue weighted by atomic mass is 19.4. The van der Waals surface area contributed by atoms with Crippen LogP contribution < -0.4 is 4.74 Å². The average molecular weight is 270 g/mol. The van der Waals surface area contributed by atoms with E-state index in [1.165, 1.54) is 0 Å². The highest BCUT2D eigenvalue weighted by Gasteiger charge is 2.37. The molecule has 0 radical (unpaired) electrons. The van der Waals surface area contributed by atoms with Crippen molar-refractivity contribution in [2.45, 2.75) is 6.36 Å². The molecule has 0 amide bonds. The summed E-state index contributed by atoms with van der Waals surface area (Å²) >= 11 is 0. The second kappa shape index (κ2) is 4.43. The Labute approximate surface area is 94.8 Å². The number of alkyl halides is 3. The van der Waals surface area contributed by atoms with Crippen LogP contribution in [0.3, 0.4) is 0 Å². The zero-order valence-electron chi connectivity index (χ0n) is 8.06. The number of ether oxygens (including phenoxy) is 1. The van der Waals surface area contributed by atoms with E-state index >= 15 is 0 Å². The van der Waals surface area contributed by atoms with Crippen LogP contribution in [0.5, 0.6) is 5.75 Å². The zero-order valence-corrected chi connectivity index (χ0v) is 8.06. The van der Waals surface area contributed by atoms with Gasteiger partial charge in [-0.15, -0.1) is 13.2 Å². The minimum atomic E-state index is -5.30. The Kier molecular flexibility index (Phi) is 3.35. The number of nitrogens with zero attached hydrogens (tertiary/aromatic N) is 2. The van der Waals surface area contributed by atoms with Crippen molar-refractivity contribution >= 4 is 11.8 Å². The van der Waals surface area contributed by atoms with Gasteiger partial charge in [-0.2, -0.15) is 0 Å². The Morgan fingerprint density at radius 1 is 1.50 bits per heavy atom. The molecule has 11 heteroatoms. The second-order valence-corrected chi connectivity index (χ2v) is 2.75. The fourth-order valence-electron chi connectivity index (χ4n) is 0.943. The van der Waals surface area contributed by atoms with Crippen molar-refractivity contribution in [1.29, 1.82) is 0 Å². The van der Waals surface area contributed by atoms with Crippen LogP contribution >= 0.6 is 0 Å². The average Bonchev–Trinajstić information content (AvgIpc) is 2.13. The molecule has 0 aliphatic carbocycles. The molecule has 0 atom stereocenters. The summed E-state index contributed by atoms with van der Waals surface area (Å²) in [4.78, 5) is 22.0. The minimum Gasteiger partial charge on any atom is -0.475 e. The maximum atomic E-state index is 13.0. The van der Waals surface area contributed by atoms with E-state index in [1.54, 1.807) is 0 Å². The molecule has 0 unspecified atom stereocenters. The highest BCUT2D eigenvalue weighted by molar-refractivity contribution is 5.86. The van der Waals surface area contributed by atoms with Crippen molar-refractivity contribution in [2.24, 2.45) is 0 Å². The lowest BCUT2D eigenvalue weighted by Gasteiger charge is -2.08. The van der Waals surface area contributed by atoms with Gasteiger partial charge in [0.25, 0.3) is 5.69 Å². The number of rotatable bonds is 3. The number of pyridine rings is 1. The van der Waals surface area contributed by atoms with Gasteiger partial charge in [-0.05, 0) is 9.91 Å². The van der Waals surface area contributed by atoms with Crippen molar-refractivity contribution in [3.8, 4) is 5.75 Å². The first-order chi connectivity index (χ1) is 8.11. The molecule has 0 saturated heterocycles. The summed E-state index contributed by atoms with van der Waals surface area (Å²) in [6.45, 7) is 0. The monoisotopic (exact) mass is 270 g/mol. The highest BCUT2D eigenvalue weighted by Crippen LogP contribution is 2.31. The van der Waals surface area contributed by atoms with Gasteiger partial charge in [-0.1, -0.05) is 0 Å². The molecule has 1 aromatic rings. The maximum absolute atomic E-state index is 13.0. The van der Waals surface area contributed by atoms with Gasteiger partial charge in [0.05, 0.1) is 0 Å². The van der Waals surface area contributed by atoms with Crippen molar-refractivity contribution in [3.63, 3.8) is 0 Å². The quantitative estimate of drug-likeness (QED) is 0.509. The predicted molar refractivity (Wildman–Crippen MR) is 44.5 cm³/mol. The van der Waals surface area contributed by atoms with Crippen molar-refractivity contribution in [2.75, 3.05) is 0 Å². The van der Waals surface area contributed by atoms with Crippen LogP contribution in [0.25, 0.3) is 0 Å². The molecular weight excluding hydrogens is 268 g/mol. The molecule has 0 bridgehead atoms. The molecule has 0 fully saturated rings. The number of hydrogen-bond donors (Lipinski definition) is 1. The van der Waals surface area contributed by atoms with Gasteiger partial charge in [-0.25, -0.2) is 9.18 Å². The van der Waals surface area contributed by atoms with Gasteiger partial charge in [0.15, 0.2) is 5.82 Å².